The maximum Gasteiger partial charge on any atom is 0.416 e. The van der Waals surface area contributed by atoms with Gasteiger partial charge in [0.1, 0.15) is 0 Å². The highest BCUT2D eigenvalue weighted by atomic mass is 19.4. The third kappa shape index (κ3) is 2.40. The van der Waals surface area contributed by atoms with E-state index in [1.54, 1.807) is 6.07 Å². The molecule has 1 aromatic carbocycles. The minimum Gasteiger partial charge on any atom is -0.390 e. The number of amides is 1. The molecular formula is C20H16F4N2O3. The summed E-state index contributed by atoms with van der Waals surface area (Å²) in [6.45, 7) is 0. The first-order valence-electron chi connectivity index (χ1n) is 9.13. The molecule has 2 aromatic rings. The fourth-order valence-electron chi connectivity index (χ4n) is 5.23. The van der Waals surface area contributed by atoms with E-state index in [1.165, 1.54) is 24.4 Å². The zero-order valence-corrected chi connectivity index (χ0v) is 14.9. The van der Waals surface area contributed by atoms with E-state index in [1.807, 2.05) is 0 Å². The number of hydrogen-bond donors (Lipinski definition) is 2. The van der Waals surface area contributed by atoms with Gasteiger partial charge in [-0.25, -0.2) is 4.98 Å². The highest BCUT2D eigenvalue weighted by molar-refractivity contribution is 6.01. The van der Waals surface area contributed by atoms with Crippen LogP contribution in [0.15, 0.2) is 42.6 Å². The van der Waals surface area contributed by atoms with Gasteiger partial charge in [-0.3, -0.25) is 4.79 Å². The lowest BCUT2D eigenvalue weighted by atomic mass is 9.74. The number of hydrogen-bond acceptors (Lipinski definition) is 4. The van der Waals surface area contributed by atoms with E-state index < -0.39 is 52.7 Å². The number of pyridine rings is 1. The van der Waals surface area contributed by atoms with Crippen molar-refractivity contribution >= 4 is 11.6 Å². The number of ether oxygens (including phenoxy) is 1. The second-order valence-electron chi connectivity index (χ2n) is 7.87. The fraction of sp³-hybridized carbons (Fsp3) is 0.400. The molecule has 1 aromatic heterocycles. The molecular weight excluding hydrogens is 392 g/mol. The molecule has 3 heterocycles. The molecule has 5 nitrogen and oxygen atoms in total. The van der Waals surface area contributed by atoms with Gasteiger partial charge in [0.15, 0.2) is 0 Å². The number of nitrogens with zero attached hydrogens (tertiary/aromatic N) is 1. The number of carbonyl (C=O) groups is 1. The largest absolute Gasteiger partial charge is 0.416 e. The normalized spacial score (nSPS) is 34.7. The molecule has 2 N–H and O–H groups in total. The first-order valence-corrected chi connectivity index (χ1v) is 9.13. The average Bonchev–Trinajstić information content (AvgIpc) is 3.15. The highest BCUT2D eigenvalue weighted by Crippen LogP contribution is 2.77. The van der Waals surface area contributed by atoms with Crippen LogP contribution in [-0.4, -0.2) is 34.3 Å². The van der Waals surface area contributed by atoms with Crippen LogP contribution < -0.4 is 5.32 Å². The SMILES string of the molecule is O=C(Nc1cccc(C(F)(F)F)c1)[C@]12C[C@@]1(c1ccnc(F)c1)[C@H]1O[C@@H]2C[C@@H]1O. The molecule has 152 valence electrons. The van der Waals surface area contributed by atoms with Gasteiger partial charge in [0, 0.05) is 23.7 Å². The van der Waals surface area contributed by atoms with E-state index in [2.05, 4.69) is 10.3 Å². The van der Waals surface area contributed by atoms with Crippen molar-refractivity contribution < 1.29 is 32.2 Å². The monoisotopic (exact) mass is 408 g/mol. The van der Waals surface area contributed by atoms with Crippen LogP contribution in [0.4, 0.5) is 23.2 Å². The second kappa shape index (κ2) is 5.76. The molecule has 0 radical (unpaired) electrons. The number of anilines is 1. The lowest BCUT2D eigenvalue weighted by Gasteiger charge is -2.29. The Labute approximate surface area is 162 Å². The first kappa shape index (κ1) is 18.5. The molecule has 2 saturated heterocycles. The average molecular weight is 408 g/mol. The van der Waals surface area contributed by atoms with Crippen molar-refractivity contribution in [3.05, 3.63) is 59.7 Å². The number of fused-ring (bicyclic) bond motifs is 5. The summed E-state index contributed by atoms with van der Waals surface area (Å²) in [5.74, 6) is -1.21. The molecule has 1 aliphatic carbocycles. The van der Waals surface area contributed by atoms with Crippen LogP contribution in [0.2, 0.25) is 0 Å². The maximum atomic E-state index is 13.8. The number of halogens is 4. The molecule has 29 heavy (non-hydrogen) atoms. The van der Waals surface area contributed by atoms with Gasteiger partial charge in [-0.1, -0.05) is 6.07 Å². The molecule has 1 amide bonds. The molecule has 2 aliphatic heterocycles. The number of nitrogens with one attached hydrogen (secondary N) is 1. The zero-order chi connectivity index (χ0) is 20.6. The van der Waals surface area contributed by atoms with E-state index in [4.69, 9.17) is 4.74 Å². The van der Waals surface area contributed by atoms with Crippen LogP contribution in [-0.2, 0) is 21.1 Å². The van der Waals surface area contributed by atoms with E-state index >= 15 is 0 Å². The Morgan fingerprint density at radius 2 is 2.07 bits per heavy atom. The quantitative estimate of drug-likeness (QED) is 0.605. The Morgan fingerprint density at radius 3 is 2.79 bits per heavy atom. The van der Waals surface area contributed by atoms with Crippen molar-refractivity contribution in [2.75, 3.05) is 5.32 Å². The third-order valence-electron chi connectivity index (χ3n) is 6.47. The Kier molecular flexibility index (Phi) is 3.68. The van der Waals surface area contributed by atoms with Gasteiger partial charge in [0.2, 0.25) is 11.9 Å². The summed E-state index contributed by atoms with van der Waals surface area (Å²) < 4.78 is 58.5. The van der Waals surface area contributed by atoms with Gasteiger partial charge in [-0.15, -0.1) is 0 Å². The van der Waals surface area contributed by atoms with Crippen LogP contribution in [0.25, 0.3) is 0 Å². The molecule has 0 unspecified atom stereocenters. The van der Waals surface area contributed by atoms with Crippen LogP contribution in [0.1, 0.15) is 24.0 Å². The number of carbonyl (C=O) groups excluding carboxylic acids is 1. The predicted molar refractivity (Wildman–Crippen MR) is 92.3 cm³/mol. The first-order chi connectivity index (χ1) is 13.7. The van der Waals surface area contributed by atoms with Gasteiger partial charge in [-0.05, 0) is 42.3 Å². The van der Waals surface area contributed by atoms with E-state index in [0.717, 1.165) is 12.1 Å². The minimum atomic E-state index is -4.53. The van der Waals surface area contributed by atoms with Crippen molar-refractivity contribution in [3.8, 4) is 0 Å². The Morgan fingerprint density at radius 1 is 1.28 bits per heavy atom. The molecule has 9 heteroatoms. The minimum absolute atomic E-state index is 0.0178. The van der Waals surface area contributed by atoms with Crippen molar-refractivity contribution in [2.45, 2.75) is 42.7 Å². The predicted octanol–water partition coefficient (Wildman–Crippen LogP) is 3.04. The van der Waals surface area contributed by atoms with Crippen LogP contribution >= 0.6 is 0 Å². The Hall–Kier alpha value is -2.52. The Bertz CT molecular complexity index is 1010. The number of aromatic nitrogens is 1. The molecule has 1 saturated carbocycles. The maximum absolute atomic E-state index is 13.8. The standard InChI is InChI=1S/C20H16F4N2O3/c21-15-7-10(4-5-25-15)18-9-19(18,14-8-13(27)16(18)29-14)17(28)26-12-3-1-2-11(6-12)20(22,23)24/h1-7,13-14,16,27H,8-9H2,(H,26,28)/t13-,14+,16-,18+,19+/m0/s1. The number of alkyl halides is 3. The lowest BCUT2D eigenvalue weighted by Crippen LogP contribution is -2.44. The van der Waals surface area contributed by atoms with Crippen LogP contribution in [0.3, 0.4) is 0 Å². The van der Waals surface area contributed by atoms with Crippen LogP contribution in [0, 0.1) is 11.4 Å². The van der Waals surface area contributed by atoms with Crippen molar-refractivity contribution in [3.63, 3.8) is 0 Å². The number of aliphatic hydroxyl groups excluding tert-OH is 1. The number of benzene rings is 1. The summed E-state index contributed by atoms with van der Waals surface area (Å²) in [5, 5.41) is 12.9. The summed E-state index contributed by atoms with van der Waals surface area (Å²) in [7, 11) is 0. The molecule has 3 aliphatic rings. The van der Waals surface area contributed by atoms with Crippen LogP contribution in [0.5, 0.6) is 0 Å². The van der Waals surface area contributed by atoms with Crippen molar-refractivity contribution in [1.82, 2.24) is 4.98 Å². The fourth-order valence-corrected chi connectivity index (χ4v) is 5.23. The van der Waals surface area contributed by atoms with E-state index in [-0.39, 0.29) is 12.1 Å². The lowest BCUT2D eigenvalue weighted by molar-refractivity contribution is -0.137. The summed E-state index contributed by atoms with van der Waals surface area (Å²) >= 11 is 0. The molecule has 5 rings (SSSR count). The number of aliphatic hydroxyl groups is 1. The van der Waals surface area contributed by atoms with Gasteiger partial charge in [-0.2, -0.15) is 17.6 Å². The summed E-state index contributed by atoms with van der Waals surface area (Å²) in [4.78, 5) is 16.8. The van der Waals surface area contributed by atoms with Crippen molar-refractivity contribution in [2.24, 2.45) is 5.41 Å². The summed E-state index contributed by atoms with van der Waals surface area (Å²) in [6.07, 6.45) is -4.75. The highest BCUT2D eigenvalue weighted by Gasteiger charge is 2.87. The van der Waals surface area contributed by atoms with Gasteiger partial charge in [0.05, 0.1) is 29.3 Å². The summed E-state index contributed by atoms with van der Waals surface area (Å²) in [5.41, 5.74) is -2.35. The van der Waals surface area contributed by atoms with Gasteiger partial charge in [0.25, 0.3) is 0 Å². The smallest absolute Gasteiger partial charge is 0.390 e. The molecule has 0 spiro atoms. The molecule has 5 atom stereocenters. The van der Waals surface area contributed by atoms with Gasteiger partial charge >= 0.3 is 6.18 Å². The molecule has 2 bridgehead atoms. The topological polar surface area (TPSA) is 71.5 Å². The van der Waals surface area contributed by atoms with Gasteiger partial charge < -0.3 is 15.2 Å². The van der Waals surface area contributed by atoms with Crippen molar-refractivity contribution in [1.29, 1.82) is 0 Å². The van der Waals surface area contributed by atoms with E-state index in [0.29, 0.717) is 12.0 Å². The summed E-state index contributed by atoms with van der Waals surface area (Å²) in [6, 6.07) is 7.19. The zero-order valence-electron chi connectivity index (χ0n) is 14.9. The Balaban J connectivity index is 1.50. The third-order valence-corrected chi connectivity index (χ3v) is 6.47. The number of rotatable bonds is 3. The second-order valence-corrected chi connectivity index (χ2v) is 7.87. The molecule has 3 fully saturated rings. The van der Waals surface area contributed by atoms with E-state index in [9.17, 15) is 27.5 Å².